The fourth-order valence-electron chi connectivity index (χ4n) is 5.02. The SMILES string of the molecule is Cc1noc(CN2CCN(C(=O)/C(C#N)=C\c3cc(C)n(C4CCCCC4)c3C)CC2)n1. The van der Waals surface area contributed by atoms with Crippen molar-refractivity contribution in [3.63, 3.8) is 0 Å². The van der Waals surface area contributed by atoms with Crippen molar-refractivity contribution in [3.05, 3.63) is 40.3 Å². The van der Waals surface area contributed by atoms with Gasteiger partial charge in [-0.1, -0.05) is 24.4 Å². The number of hydrogen-bond acceptors (Lipinski definition) is 6. The molecule has 2 aliphatic rings. The van der Waals surface area contributed by atoms with Gasteiger partial charge in [0.05, 0.1) is 6.54 Å². The maximum Gasteiger partial charge on any atom is 0.264 e. The van der Waals surface area contributed by atoms with Crippen molar-refractivity contribution in [2.24, 2.45) is 0 Å². The van der Waals surface area contributed by atoms with Gasteiger partial charge < -0.3 is 14.0 Å². The zero-order chi connectivity index (χ0) is 22.7. The quantitative estimate of drug-likeness (QED) is 0.526. The molecule has 8 heteroatoms. The van der Waals surface area contributed by atoms with E-state index in [1.807, 2.05) is 0 Å². The van der Waals surface area contributed by atoms with Crippen LogP contribution in [0.15, 0.2) is 16.2 Å². The smallest absolute Gasteiger partial charge is 0.264 e. The van der Waals surface area contributed by atoms with Gasteiger partial charge in [0.2, 0.25) is 5.89 Å². The monoisotopic (exact) mass is 436 g/mol. The Labute approximate surface area is 189 Å². The topological polar surface area (TPSA) is 91.2 Å². The minimum atomic E-state index is -0.191. The van der Waals surface area contributed by atoms with Crippen LogP contribution in [0, 0.1) is 32.1 Å². The number of piperazine rings is 1. The third-order valence-electron chi connectivity index (χ3n) is 6.70. The van der Waals surface area contributed by atoms with E-state index in [1.165, 1.54) is 37.8 Å². The molecule has 1 saturated heterocycles. The van der Waals surface area contributed by atoms with E-state index in [4.69, 9.17) is 4.52 Å². The van der Waals surface area contributed by atoms with Gasteiger partial charge in [0.15, 0.2) is 5.82 Å². The highest BCUT2D eigenvalue weighted by Gasteiger charge is 2.26. The molecule has 3 heterocycles. The first kappa shape index (κ1) is 22.3. The van der Waals surface area contributed by atoms with Crippen LogP contribution >= 0.6 is 0 Å². The van der Waals surface area contributed by atoms with E-state index >= 15 is 0 Å². The Kier molecular flexibility index (Phi) is 6.75. The summed E-state index contributed by atoms with van der Waals surface area (Å²) in [5.41, 5.74) is 3.53. The van der Waals surface area contributed by atoms with E-state index in [0.717, 1.165) is 11.3 Å². The minimum Gasteiger partial charge on any atom is -0.346 e. The molecule has 0 spiro atoms. The van der Waals surface area contributed by atoms with Crippen LogP contribution in [0.2, 0.25) is 0 Å². The summed E-state index contributed by atoms with van der Waals surface area (Å²) >= 11 is 0. The lowest BCUT2D eigenvalue weighted by Crippen LogP contribution is -2.48. The zero-order valence-electron chi connectivity index (χ0n) is 19.3. The van der Waals surface area contributed by atoms with Gasteiger partial charge in [-0.2, -0.15) is 10.2 Å². The number of carbonyl (C=O) groups is 1. The van der Waals surface area contributed by atoms with E-state index in [1.54, 1.807) is 17.9 Å². The van der Waals surface area contributed by atoms with Crippen LogP contribution in [-0.2, 0) is 11.3 Å². The standard InChI is InChI=1S/C24H32N6O2/c1-17-13-20(18(2)30(17)22-7-5-4-6-8-22)14-21(15-25)24(31)29-11-9-28(10-12-29)16-23-26-19(3)27-32-23/h13-14,22H,4-12,16H2,1-3H3/b21-14-. The molecule has 0 radical (unpaired) electrons. The number of nitrogens with zero attached hydrogens (tertiary/aromatic N) is 6. The molecule has 0 bridgehead atoms. The van der Waals surface area contributed by atoms with Crippen molar-refractivity contribution < 1.29 is 9.32 Å². The van der Waals surface area contributed by atoms with Crippen LogP contribution in [0.25, 0.3) is 6.08 Å². The summed E-state index contributed by atoms with van der Waals surface area (Å²) in [6.45, 7) is 9.17. The molecular weight excluding hydrogens is 404 g/mol. The molecule has 1 saturated carbocycles. The Morgan fingerprint density at radius 1 is 1.19 bits per heavy atom. The van der Waals surface area contributed by atoms with Crippen molar-refractivity contribution in [3.8, 4) is 6.07 Å². The predicted octanol–water partition coefficient (Wildman–Crippen LogP) is 3.55. The maximum absolute atomic E-state index is 13.1. The minimum absolute atomic E-state index is 0.191. The fraction of sp³-hybridized carbons (Fsp3) is 0.583. The lowest BCUT2D eigenvalue weighted by molar-refractivity contribution is -0.128. The van der Waals surface area contributed by atoms with Gasteiger partial charge in [-0.15, -0.1) is 0 Å². The molecule has 2 fully saturated rings. The Morgan fingerprint density at radius 3 is 2.53 bits per heavy atom. The van der Waals surface area contributed by atoms with Gasteiger partial charge in [-0.25, -0.2) is 0 Å². The lowest BCUT2D eigenvalue weighted by atomic mass is 9.95. The first-order valence-electron chi connectivity index (χ1n) is 11.6. The maximum atomic E-state index is 13.1. The Morgan fingerprint density at radius 2 is 1.91 bits per heavy atom. The molecular formula is C24H32N6O2. The molecule has 0 aromatic carbocycles. The van der Waals surface area contributed by atoms with Crippen molar-refractivity contribution >= 4 is 12.0 Å². The highest BCUT2D eigenvalue weighted by molar-refractivity contribution is 6.01. The van der Waals surface area contributed by atoms with E-state index in [-0.39, 0.29) is 11.5 Å². The van der Waals surface area contributed by atoms with Crippen LogP contribution < -0.4 is 0 Å². The molecule has 0 atom stereocenters. The predicted molar refractivity (Wildman–Crippen MR) is 121 cm³/mol. The highest BCUT2D eigenvalue weighted by Crippen LogP contribution is 2.32. The second-order valence-electron chi connectivity index (χ2n) is 8.96. The first-order valence-corrected chi connectivity index (χ1v) is 11.6. The van der Waals surface area contributed by atoms with Gasteiger partial charge in [0.1, 0.15) is 11.6 Å². The summed E-state index contributed by atoms with van der Waals surface area (Å²) in [6.07, 6.45) is 8.04. The highest BCUT2D eigenvalue weighted by atomic mass is 16.5. The molecule has 0 unspecified atom stereocenters. The fourth-order valence-corrected chi connectivity index (χ4v) is 5.02. The number of nitriles is 1. The summed E-state index contributed by atoms with van der Waals surface area (Å²) in [5.74, 6) is 1.02. The van der Waals surface area contributed by atoms with Gasteiger partial charge in [-0.05, 0) is 51.3 Å². The normalized spacial score (nSPS) is 18.7. The number of rotatable bonds is 5. The van der Waals surface area contributed by atoms with Crippen molar-refractivity contribution in [1.29, 1.82) is 5.26 Å². The largest absolute Gasteiger partial charge is 0.346 e. The first-order chi connectivity index (χ1) is 15.5. The Balaban J connectivity index is 1.42. The molecule has 4 rings (SSSR count). The Hall–Kier alpha value is -2.92. The average molecular weight is 437 g/mol. The van der Waals surface area contributed by atoms with Gasteiger partial charge in [-0.3, -0.25) is 9.69 Å². The lowest BCUT2D eigenvalue weighted by Gasteiger charge is -2.33. The van der Waals surface area contributed by atoms with Crippen LogP contribution in [-0.4, -0.2) is 56.6 Å². The Bertz CT molecular complexity index is 1030. The van der Waals surface area contributed by atoms with Gasteiger partial charge >= 0.3 is 0 Å². The number of carbonyl (C=O) groups excluding carboxylic acids is 1. The van der Waals surface area contributed by atoms with E-state index < -0.39 is 0 Å². The second-order valence-corrected chi connectivity index (χ2v) is 8.96. The number of aryl methyl sites for hydroxylation is 2. The number of amides is 1. The molecule has 1 aliphatic heterocycles. The van der Waals surface area contributed by atoms with E-state index in [0.29, 0.717) is 50.5 Å². The summed E-state index contributed by atoms with van der Waals surface area (Å²) < 4.78 is 7.60. The number of hydrogen-bond donors (Lipinski definition) is 0. The van der Waals surface area contributed by atoms with Crippen molar-refractivity contribution in [1.82, 2.24) is 24.5 Å². The number of aromatic nitrogens is 3. The summed E-state index contributed by atoms with van der Waals surface area (Å²) in [5, 5.41) is 13.6. The van der Waals surface area contributed by atoms with Crippen molar-refractivity contribution in [2.75, 3.05) is 26.2 Å². The molecule has 1 amide bonds. The average Bonchev–Trinajstić information content (AvgIpc) is 3.34. The molecule has 8 nitrogen and oxygen atoms in total. The summed E-state index contributed by atoms with van der Waals surface area (Å²) in [4.78, 5) is 21.3. The van der Waals surface area contributed by atoms with Crippen LogP contribution in [0.4, 0.5) is 0 Å². The van der Waals surface area contributed by atoms with Crippen LogP contribution in [0.3, 0.4) is 0 Å². The third-order valence-corrected chi connectivity index (χ3v) is 6.70. The van der Waals surface area contributed by atoms with Crippen molar-refractivity contribution in [2.45, 2.75) is 65.5 Å². The van der Waals surface area contributed by atoms with E-state index in [9.17, 15) is 10.1 Å². The van der Waals surface area contributed by atoms with Crippen LogP contribution in [0.5, 0.6) is 0 Å². The molecule has 32 heavy (non-hydrogen) atoms. The molecule has 1 aliphatic carbocycles. The molecule has 2 aromatic heterocycles. The summed E-state index contributed by atoms with van der Waals surface area (Å²) in [7, 11) is 0. The molecule has 2 aromatic rings. The van der Waals surface area contributed by atoms with Gasteiger partial charge in [0.25, 0.3) is 5.91 Å². The zero-order valence-corrected chi connectivity index (χ0v) is 19.3. The molecule has 0 N–H and O–H groups in total. The molecule has 170 valence electrons. The third kappa shape index (κ3) is 4.78. The summed E-state index contributed by atoms with van der Waals surface area (Å²) in [6, 6.07) is 4.79. The van der Waals surface area contributed by atoms with Gasteiger partial charge in [0, 0.05) is 43.6 Å². The second kappa shape index (κ2) is 9.70. The van der Waals surface area contributed by atoms with E-state index in [2.05, 4.69) is 45.6 Å². The van der Waals surface area contributed by atoms with Crippen LogP contribution in [0.1, 0.15) is 66.8 Å².